The van der Waals surface area contributed by atoms with Crippen LogP contribution in [0.3, 0.4) is 0 Å². The number of nitriles is 1. The second-order valence-corrected chi connectivity index (χ2v) is 8.43. The van der Waals surface area contributed by atoms with E-state index in [1.165, 1.54) is 6.07 Å². The summed E-state index contributed by atoms with van der Waals surface area (Å²) >= 11 is 0. The van der Waals surface area contributed by atoms with Crippen molar-refractivity contribution in [2.24, 2.45) is 12.5 Å². The lowest BCUT2D eigenvalue weighted by Gasteiger charge is -2.10. The minimum atomic E-state index is -0.401. The highest BCUT2D eigenvalue weighted by Gasteiger charge is 2.18. The maximum atomic E-state index is 11.4. The Hall–Kier alpha value is -3.90. The first-order chi connectivity index (χ1) is 14.7. The molecule has 1 aromatic heterocycles. The van der Waals surface area contributed by atoms with E-state index in [4.69, 9.17) is 0 Å². The Kier molecular flexibility index (Phi) is 6.22. The zero-order chi connectivity index (χ0) is 22.6. The van der Waals surface area contributed by atoms with Crippen LogP contribution in [0.15, 0.2) is 48.7 Å². The molecule has 3 aromatic rings. The lowest BCUT2D eigenvalue weighted by atomic mass is 9.94. The van der Waals surface area contributed by atoms with Crippen molar-refractivity contribution in [2.45, 2.75) is 33.6 Å². The summed E-state index contributed by atoms with van der Waals surface area (Å²) in [5, 5.41) is 25.3. The van der Waals surface area contributed by atoms with Gasteiger partial charge in [-0.05, 0) is 50.8 Å². The molecule has 6 nitrogen and oxygen atoms in total. The number of nitrogens with zero attached hydrogens (tertiary/aromatic N) is 4. The minimum absolute atomic E-state index is 0.0107. The van der Waals surface area contributed by atoms with Gasteiger partial charge in [0.25, 0.3) is 5.69 Å². The molecule has 0 aliphatic rings. The van der Waals surface area contributed by atoms with Crippen LogP contribution in [0.25, 0.3) is 11.3 Å². The Morgan fingerprint density at radius 3 is 2.48 bits per heavy atom. The summed E-state index contributed by atoms with van der Waals surface area (Å²) in [7, 11) is 1.81. The van der Waals surface area contributed by atoms with Gasteiger partial charge in [-0.15, -0.1) is 0 Å². The van der Waals surface area contributed by atoms with Crippen LogP contribution >= 0.6 is 0 Å². The predicted molar refractivity (Wildman–Crippen MR) is 120 cm³/mol. The van der Waals surface area contributed by atoms with Crippen LogP contribution in [0.2, 0.25) is 0 Å². The van der Waals surface area contributed by atoms with E-state index in [0.717, 1.165) is 16.7 Å². The minimum Gasteiger partial charge on any atom is -0.274 e. The Morgan fingerprint density at radius 2 is 1.81 bits per heavy atom. The quantitative estimate of drug-likeness (QED) is 0.333. The third-order valence-electron chi connectivity index (χ3n) is 4.76. The molecular weight excluding hydrogens is 388 g/mol. The maximum absolute atomic E-state index is 11.4. The molecule has 0 unspecified atom stereocenters. The highest BCUT2D eigenvalue weighted by molar-refractivity contribution is 5.72. The SMILES string of the molecule is Cn1cc(C#CC(C)(C)C)c(-c2cc([N+](=O)[O-])ccc2CCc2ccccc2C#N)n1. The van der Waals surface area contributed by atoms with E-state index in [1.807, 2.05) is 52.2 Å². The van der Waals surface area contributed by atoms with Gasteiger partial charge in [0.2, 0.25) is 0 Å². The van der Waals surface area contributed by atoms with Gasteiger partial charge in [0.05, 0.1) is 22.1 Å². The molecule has 156 valence electrons. The molecule has 0 spiro atoms. The number of rotatable bonds is 5. The molecule has 0 amide bonds. The first-order valence-electron chi connectivity index (χ1n) is 10.0. The van der Waals surface area contributed by atoms with Crippen LogP contribution < -0.4 is 0 Å². The average molecular weight is 412 g/mol. The fourth-order valence-corrected chi connectivity index (χ4v) is 3.27. The summed E-state index contributed by atoms with van der Waals surface area (Å²) in [6.45, 7) is 6.09. The fourth-order valence-electron chi connectivity index (χ4n) is 3.27. The van der Waals surface area contributed by atoms with Crippen molar-refractivity contribution in [2.75, 3.05) is 0 Å². The smallest absolute Gasteiger partial charge is 0.270 e. The lowest BCUT2D eigenvalue weighted by Crippen LogP contribution is -2.00. The van der Waals surface area contributed by atoms with E-state index < -0.39 is 4.92 Å². The van der Waals surface area contributed by atoms with Gasteiger partial charge in [-0.1, -0.05) is 36.1 Å². The number of aromatic nitrogens is 2. The van der Waals surface area contributed by atoms with E-state index in [1.54, 1.807) is 22.9 Å². The number of nitro benzene ring substituents is 1. The lowest BCUT2D eigenvalue weighted by molar-refractivity contribution is -0.384. The first kappa shape index (κ1) is 21.8. The summed E-state index contributed by atoms with van der Waals surface area (Å²) in [5.74, 6) is 6.41. The van der Waals surface area contributed by atoms with Crippen LogP contribution in [0, 0.1) is 38.7 Å². The molecule has 0 atom stereocenters. The molecule has 2 aromatic carbocycles. The van der Waals surface area contributed by atoms with Gasteiger partial charge < -0.3 is 0 Å². The molecular formula is C25H24N4O2. The molecule has 6 heteroatoms. The monoisotopic (exact) mass is 412 g/mol. The van der Waals surface area contributed by atoms with Gasteiger partial charge in [-0.25, -0.2) is 0 Å². The Balaban J connectivity index is 2.07. The van der Waals surface area contributed by atoms with Crippen molar-refractivity contribution >= 4 is 5.69 Å². The third-order valence-corrected chi connectivity index (χ3v) is 4.76. The van der Waals surface area contributed by atoms with Crippen LogP contribution in [0.5, 0.6) is 0 Å². The fraction of sp³-hybridized carbons (Fsp3) is 0.280. The number of hydrogen-bond acceptors (Lipinski definition) is 4. The molecule has 31 heavy (non-hydrogen) atoms. The first-order valence-corrected chi connectivity index (χ1v) is 10.0. The van der Waals surface area contributed by atoms with Gasteiger partial charge >= 0.3 is 0 Å². The van der Waals surface area contributed by atoms with Gasteiger partial charge in [0, 0.05) is 36.4 Å². The summed E-state index contributed by atoms with van der Waals surface area (Å²) in [5.41, 5.74) is 4.40. The molecule has 0 saturated heterocycles. The number of benzene rings is 2. The Bertz CT molecular complexity index is 1230. The van der Waals surface area contributed by atoms with Crippen LogP contribution in [0.1, 0.15) is 43.0 Å². The van der Waals surface area contributed by atoms with E-state index >= 15 is 0 Å². The molecule has 0 aliphatic carbocycles. The van der Waals surface area contributed by atoms with Crippen molar-refractivity contribution in [1.82, 2.24) is 9.78 Å². The summed E-state index contributed by atoms with van der Waals surface area (Å²) in [6, 6.07) is 14.6. The zero-order valence-corrected chi connectivity index (χ0v) is 18.1. The largest absolute Gasteiger partial charge is 0.274 e. The zero-order valence-electron chi connectivity index (χ0n) is 18.1. The standard InChI is InChI=1S/C25H24N4O2/c1-25(2,3)14-13-21-17-28(4)27-24(21)23-15-22(29(30)31)12-11-19(23)10-9-18-7-5-6-8-20(18)16-26/h5-8,11-12,15,17H,9-10H2,1-4H3. The molecule has 1 heterocycles. The molecule has 0 bridgehead atoms. The summed E-state index contributed by atoms with van der Waals surface area (Å²) in [4.78, 5) is 11.0. The third kappa shape index (κ3) is 5.38. The predicted octanol–water partition coefficient (Wildman–Crippen LogP) is 5.05. The van der Waals surface area contributed by atoms with Crippen molar-refractivity contribution in [3.8, 4) is 29.2 Å². The van der Waals surface area contributed by atoms with E-state index in [9.17, 15) is 15.4 Å². The van der Waals surface area contributed by atoms with Gasteiger partial charge in [0.15, 0.2) is 0 Å². The van der Waals surface area contributed by atoms with Crippen molar-refractivity contribution in [3.63, 3.8) is 0 Å². The van der Waals surface area contributed by atoms with Gasteiger partial charge in [0.1, 0.15) is 5.69 Å². The molecule has 0 fully saturated rings. The second kappa shape index (κ2) is 8.85. The summed E-state index contributed by atoms with van der Waals surface area (Å²) < 4.78 is 1.68. The van der Waals surface area contributed by atoms with E-state index in [-0.39, 0.29) is 11.1 Å². The Labute approximate surface area is 182 Å². The van der Waals surface area contributed by atoms with Gasteiger partial charge in [-0.2, -0.15) is 10.4 Å². The normalized spacial score (nSPS) is 10.8. The number of hydrogen-bond donors (Lipinski definition) is 0. The second-order valence-electron chi connectivity index (χ2n) is 8.43. The molecule has 3 rings (SSSR count). The molecule has 0 aliphatic heterocycles. The topological polar surface area (TPSA) is 84.7 Å². The van der Waals surface area contributed by atoms with Crippen LogP contribution in [-0.2, 0) is 19.9 Å². The average Bonchev–Trinajstić information content (AvgIpc) is 3.10. The van der Waals surface area contributed by atoms with Crippen molar-refractivity contribution in [1.29, 1.82) is 5.26 Å². The van der Waals surface area contributed by atoms with Gasteiger partial charge in [-0.3, -0.25) is 14.8 Å². The van der Waals surface area contributed by atoms with Crippen LogP contribution in [-0.4, -0.2) is 14.7 Å². The van der Waals surface area contributed by atoms with Crippen molar-refractivity contribution in [3.05, 3.63) is 81.0 Å². The number of aryl methyl sites for hydroxylation is 3. The number of nitro groups is 1. The molecule has 0 saturated carbocycles. The maximum Gasteiger partial charge on any atom is 0.270 e. The number of non-ortho nitro benzene ring substituents is 1. The highest BCUT2D eigenvalue weighted by atomic mass is 16.6. The molecule has 0 N–H and O–H groups in total. The summed E-state index contributed by atoms with van der Waals surface area (Å²) in [6.07, 6.45) is 3.10. The molecule has 0 radical (unpaired) electrons. The van der Waals surface area contributed by atoms with E-state index in [0.29, 0.717) is 29.7 Å². The van der Waals surface area contributed by atoms with Crippen LogP contribution in [0.4, 0.5) is 5.69 Å². The van der Waals surface area contributed by atoms with E-state index in [2.05, 4.69) is 23.0 Å². The highest BCUT2D eigenvalue weighted by Crippen LogP contribution is 2.30. The van der Waals surface area contributed by atoms with Crippen molar-refractivity contribution < 1.29 is 4.92 Å². The Morgan fingerprint density at radius 1 is 1.10 bits per heavy atom.